The lowest BCUT2D eigenvalue weighted by Crippen LogP contribution is -2.34. The summed E-state index contributed by atoms with van der Waals surface area (Å²) < 4.78 is 2.36. The Bertz CT molecular complexity index is 97.1. The molecule has 2 atom stereocenters. The van der Waals surface area contributed by atoms with Gasteiger partial charge in [0.05, 0.1) is 0 Å². The maximum atomic E-state index is 3.30. The van der Waals surface area contributed by atoms with Gasteiger partial charge in [-0.15, -0.1) is 0 Å². The minimum atomic E-state index is 0.704. The Morgan fingerprint density at radius 2 is 2.33 bits per heavy atom. The second-order valence-electron chi connectivity index (χ2n) is 2.55. The molecule has 0 aromatic carbocycles. The minimum Gasteiger partial charge on any atom is -0.315 e. The van der Waals surface area contributed by atoms with Crippen molar-refractivity contribution in [2.45, 2.75) is 25.4 Å². The summed E-state index contributed by atoms with van der Waals surface area (Å²) in [6.45, 7) is 3.49. The molecule has 1 aliphatic rings. The second-order valence-corrected chi connectivity index (χ2v) is 3.79. The Balaban J connectivity index is 2.41. The van der Waals surface area contributed by atoms with Crippen LogP contribution in [0.2, 0.25) is 0 Å². The van der Waals surface area contributed by atoms with Gasteiger partial charge in [-0.2, -0.15) is 0 Å². The summed E-state index contributed by atoms with van der Waals surface area (Å²) in [5.74, 6) is 0. The molecule has 1 aliphatic heterocycles. The van der Waals surface area contributed by atoms with Crippen LogP contribution in [-0.2, 0) is 0 Å². The predicted octanol–water partition coefficient (Wildman–Crippen LogP) is 1.02. The van der Waals surface area contributed by atoms with Gasteiger partial charge in [0.1, 0.15) is 0 Å². The summed E-state index contributed by atoms with van der Waals surface area (Å²) in [5, 5.41) is 3.30. The summed E-state index contributed by atoms with van der Waals surface area (Å²) in [6, 6.07) is 1.41. The molecule has 0 radical (unpaired) electrons. The summed E-state index contributed by atoms with van der Waals surface area (Å²) in [6.07, 6.45) is 1.29. The number of likely N-dealkylation sites (N-methyl/N-ethyl adjacent to an activating group) is 1. The molecule has 0 saturated carbocycles. The highest BCUT2D eigenvalue weighted by Crippen LogP contribution is 2.20. The predicted molar refractivity (Wildman–Crippen MR) is 47.7 cm³/mol. The van der Waals surface area contributed by atoms with Crippen molar-refractivity contribution in [3.8, 4) is 0 Å². The minimum absolute atomic E-state index is 0.704. The number of rotatable bonds is 1. The number of hydrogen-bond acceptors (Lipinski definition) is 2. The van der Waals surface area contributed by atoms with Gasteiger partial charge in [0.2, 0.25) is 0 Å². The monoisotopic (exact) mass is 240 g/mol. The van der Waals surface area contributed by atoms with E-state index in [1.165, 1.54) is 13.0 Å². The molecule has 1 saturated heterocycles. The summed E-state index contributed by atoms with van der Waals surface area (Å²) in [5.41, 5.74) is 0. The second kappa shape index (κ2) is 3.16. The van der Waals surface area contributed by atoms with Gasteiger partial charge in [0.15, 0.2) is 0 Å². The largest absolute Gasteiger partial charge is 0.315 e. The van der Waals surface area contributed by atoms with Crippen LogP contribution in [0.1, 0.15) is 13.3 Å². The fourth-order valence-corrected chi connectivity index (χ4v) is 1.95. The zero-order chi connectivity index (χ0) is 6.85. The molecular weight excluding hydrogens is 227 g/mol. The van der Waals surface area contributed by atoms with E-state index in [4.69, 9.17) is 0 Å². The fraction of sp³-hybridized carbons (Fsp3) is 1.00. The van der Waals surface area contributed by atoms with Crippen molar-refractivity contribution < 1.29 is 0 Å². The van der Waals surface area contributed by atoms with E-state index in [2.05, 4.69) is 38.2 Å². The molecule has 0 aromatic rings. The molecule has 0 aliphatic carbocycles. The van der Waals surface area contributed by atoms with Gasteiger partial charge in [-0.3, -0.25) is 0 Å². The molecule has 0 aromatic heterocycles. The normalized spacial score (nSPS) is 37.7. The molecular formula is C6H13IN2. The van der Waals surface area contributed by atoms with Crippen molar-refractivity contribution >= 4 is 22.9 Å². The molecule has 1 fully saturated rings. The Morgan fingerprint density at radius 1 is 1.67 bits per heavy atom. The Hall–Kier alpha value is 0.650. The molecule has 2 unspecified atom stereocenters. The molecule has 1 heterocycles. The SMILES string of the molecule is CNC1CCN(I)C1C. The van der Waals surface area contributed by atoms with Gasteiger partial charge in [0.25, 0.3) is 0 Å². The lowest BCUT2D eigenvalue weighted by molar-refractivity contribution is 0.438. The van der Waals surface area contributed by atoms with Gasteiger partial charge in [-0.1, -0.05) is 0 Å². The lowest BCUT2D eigenvalue weighted by Gasteiger charge is -2.17. The van der Waals surface area contributed by atoms with E-state index in [1.807, 2.05) is 7.05 Å². The van der Waals surface area contributed by atoms with Crippen LogP contribution in [0.25, 0.3) is 0 Å². The van der Waals surface area contributed by atoms with Crippen LogP contribution < -0.4 is 5.32 Å². The summed E-state index contributed by atoms with van der Waals surface area (Å²) in [7, 11) is 2.04. The van der Waals surface area contributed by atoms with Crippen LogP contribution in [0.5, 0.6) is 0 Å². The first-order valence-electron chi connectivity index (χ1n) is 3.35. The number of nitrogens with zero attached hydrogens (tertiary/aromatic N) is 1. The zero-order valence-corrected chi connectivity index (χ0v) is 8.05. The average molecular weight is 240 g/mol. The van der Waals surface area contributed by atoms with E-state index in [-0.39, 0.29) is 0 Å². The highest BCUT2D eigenvalue weighted by Gasteiger charge is 2.27. The Morgan fingerprint density at radius 3 is 2.56 bits per heavy atom. The molecule has 1 rings (SSSR count). The molecule has 0 bridgehead atoms. The highest BCUT2D eigenvalue weighted by molar-refractivity contribution is 14.1. The summed E-state index contributed by atoms with van der Waals surface area (Å²) in [4.78, 5) is 0. The zero-order valence-electron chi connectivity index (χ0n) is 5.89. The van der Waals surface area contributed by atoms with Crippen molar-refractivity contribution in [3.05, 3.63) is 0 Å². The standard InChI is InChI=1S/C6H13IN2/c1-5-6(8-2)3-4-9(5)7/h5-6,8H,3-4H2,1-2H3. The third-order valence-corrected chi connectivity index (χ3v) is 3.41. The Kier molecular flexibility index (Phi) is 2.73. The van der Waals surface area contributed by atoms with Crippen molar-refractivity contribution in [2.24, 2.45) is 0 Å². The van der Waals surface area contributed by atoms with E-state index in [9.17, 15) is 0 Å². The van der Waals surface area contributed by atoms with Crippen LogP contribution in [0.3, 0.4) is 0 Å². The smallest absolute Gasteiger partial charge is 0.0319 e. The van der Waals surface area contributed by atoms with Gasteiger partial charge in [0, 0.05) is 41.5 Å². The van der Waals surface area contributed by atoms with Crippen molar-refractivity contribution in [2.75, 3.05) is 13.6 Å². The van der Waals surface area contributed by atoms with Crippen molar-refractivity contribution in [3.63, 3.8) is 0 Å². The molecule has 9 heavy (non-hydrogen) atoms. The van der Waals surface area contributed by atoms with Crippen molar-refractivity contribution in [1.29, 1.82) is 0 Å². The molecule has 54 valence electrons. The van der Waals surface area contributed by atoms with Crippen LogP contribution in [0.4, 0.5) is 0 Å². The molecule has 1 N–H and O–H groups in total. The topological polar surface area (TPSA) is 15.3 Å². The average Bonchev–Trinajstić information content (AvgIpc) is 2.15. The fourth-order valence-electron chi connectivity index (χ4n) is 1.29. The van der Waals surface area contributed by atoms with E-state index in [1.54, 1.807) is 0 Å². The van der Waals surface area contributed by atoms with Gasteiger partial charge < -0.3 is 5.32 Å². The first kappa shape index (κ1) is 7.75. The van der Waals surface area contributed by atoms with Crippen LogP contribution >= 0.6 is 22.9 Å². The van der Waals surface area contributed by atoms with E-state index >= 15 is 0 Å². The molecule has 3 heteroatoms. The highest BCUT2D eigenvalue weighted by atomic mass is 127. The van der Waals surface area contributed by atoms with Gasteiger partial charge in [-0.25, -0.2) is 3.11 Å². The number of nitrogens with one attached hydrogen (secondary N) is 1. The maximum absolute atomic E-state index is 3.30. The number of halogens is 1. The maximum Gasteiger partial charge on any atom is 0.0319 e. The molecule has 0 amide bonds. The van der Waals surface area contributed by atoms with Crippen molar-refractivity contribution in [1.82, 2.24) is 8.43 Å². The third-order valence-electron chi connectivity index (χ3n) is 2.05. The quantitative estimate of drug-likeness (QED) is 0.543. The van der Waals surface area contributed by atoms with Gasteiger partial charge >= 0.3 is 0 Å². The van der Waals surface area contributed by atoms with E-state index in [0.717, 1.165) is 0 Å². The first-order valence-corrected chi connectivity index (χ1v) is 4.32. The molecule has 2 nitrogen and oxygen atoms in total. The van der Waals surface area contributed by atoms with Crippen LogP contribution in [-0.4, -0.2) is 28.8 Å². The van der Waals surface area contributed by atoms with E-state index < -0.39 is 0 Å². The van der Waals surface area contributed by atoms with Crippen LogP contribution in [0.15, 0.2) is 0 Å². The number of hydrogen-bond donors (Lipinski definition) is 1. The summed E-state index contributed by atoms with van der Waals surface area (Å²) >= 11 is 2.39. The van der Waals surface area contributed by atoms with E-state index in [0.29, 0.717) is 12.1 Å². The molecule has 0 spiro atoms. The first-order chi connectivity index (χ1) is 4.25. The third kappa shape index (κ3) is 1.56. The van der Waals surface area contributed by atoms with Gasteiger partial charge in [-0.05, 0) is 20.4 Å². The van der Waals surface area contributed by atoms with Crippen LogP contribution in [0, 0.1) is 0 Å². The lowest BCUT2D eigenvalue weighted by atomic mass is 10.1. The Labute approximate surface area is 70.5 Å².